The van der Waals surface area contributed by atoms with Gasteiger partial charge in [0.1, 0.15) is 5.82 Å². The molecule has 2 N–H and O–H groups in total. The molecule has 11 heteroatoms. The molecular formula is C18H20F3N5O3. The van der Waals surface area contributed by atoms with Crippen molar-refractivity contribution in [2.24, 2.45) is 11.3 Å². The van der Waals surface area contributed by atoms with Gasteiger partial charge in [-0.1, -0.05) is 6.07 Å². The summed E-state index contributed by atoms with van der Waals surface area (Å²) in [6.45, 7) is 4.32. The number of pyridine rings is 1. The van der Waals surface area contributed by atoms with Crippen LogP contribution in [0.3, 0.4) is 0 Å². The number of alkyl halides is 3. The van der Waals surface area contributed by atoms with E-state index in [4.69, 9.17) is 14.6 Å². The molecule has 0 spiro atoms. The normalized spacial score (nSPS) is 23.1. The molecule has 0 bridgehead atoms. The van der Waals surface area contributed by atoms with Crippen LogP contribution < -0.4 is 10.2 Å². The molecule has 0 radical (unpaired) electrons. The quantitative estimate of drug-likeness (QED) is 0.789. The van der Waals surface area contributed by atoms with Gasteiger partial charge in [0.25, 0.3) is 0 Å². The monoisotopic (exact) mass is 411 g/mol. The van der Waals surface area contributed by atoms with Crippen molar-refractivity contribution in [3.05, 3.63) is 42.9 Å². The van der Waals surface area contributed by atoms with Crippen molar-refractivity contribution in [2.75, 3.05) is 43.1 Å². The molecule has 8 nitrogen and oxygen atoms in total. The maximum atomic E-state index is 10.6. The molecule has 2 saturated heterocycles. The summed E-state index contributed by atoms with van der Waals surface area (Å²) < 4.78 is 37.5. The number of fused-ring (bicyclic) bond motifs is 1. The number of ether oxygens (including phenoxy) is 1. The first-order valence-corrected chi connectivity index (χ1v) is 8.85. The molecule has 2 aromatic rings. The van der Waals surface area contributed by atoms with Gasteiger partial charge in [-0.05, 0) is 18.2 Å². The third-order valence-electron chi connectivity index (χ3n) is 4.89. The van der Waals surface area contributed by atoms with Gasteiger partial charge in [-0.25, -0.2) is 19.7 Å². The Kier molecular flexibility index (Phi) is 6.16. The van der Waals surface area contributed by atoms with Gasteiger partial charge >= 0.3 is 12.1 Å². The number of aliphatic carboxylic acids is 1. The fourth-order valence-electron chi connectivity index (χ4n) is 3.42. The van der Waals surface area contributed by atoms with E-state index in [0.717, 1.165) is 44.6 Å². The Morgan fingerprint density at radius 1 is 1.24 bits per heavy atom. The molecule has 0 amide bonds. The second-order valence-electron chi connectivity index (χ2n) is 6.88. The number of carboxylic acid groups (broad SMARTS) is 1. The Morgan fingerprint density at radius 3 is 2.55 bits per heavy atom. The Hall–Kier alpha value is -2.95. The molecule has 2 aliphatic rings. The lowest BCUT2D eigenvalue weighted by Crippen LogP contribution is -2.38. The van der Waals surface area contributed by atoms with E-state index in [1.807, 2.05) is 24.3 Å². The van der Waals surface area contributed by atoms with E-state index in [9.17, 15) is 13.2 Å². The van der Waals surface area contributed by atoms with Crippen LogP contribution in [0.25, 0.3) is 0 Å². The molecule has 0 aliphatic carbocycles. The number of hydrogen-bond donors (Lipinski definition) is 2. The minimum atomic E-state index is -5.08. The van der Waals surface area contributed by atoms with E-state index in [-0.39, 0.29) is 5.41 Å². The van der Waals surface area contributed by atoms with Crippen molar-refractivity contribution in [3.8, 4) is 0 Å². The number of nitrogens with zero attached hydrogens (tertiary/aromatic N) is 4. The Morgan fingerprint density at radius 2 is 1.93 bits per heavy atom. The van der Waals surface area contributed by atoms with Crippen molar-refractivity contribution < 1.29 is 27.8 Å². The maximum Gasteiger partial charge on any atom is 0.490 e. The van der Waals surface area contributed by atoms with Gasteiger partial charge in [-0.2, -0.15) is 13.2 Å². The SMILES string of the molecule is O=C(O)C(F)(F)F.c1ccc(NC[C@]23COC[C@H]2CN(c2ncccn2)C3)nc1. The van der Waals surface area contributed by atoms with Gasteiger partial charge in [-0.3, -0.25) is 0 Å². The number of carboxylic acids is 1. The highest BCUT2D eigenvalue weighted by atomic mass is 19.4. The maximum absolute atomic E-state index is 10.6. The minimum Gasteiger partial charge on any atom is -0.475 e. The van der Waals surface area contributed by atoms with Crippen LogP contribution in [0.15, 0.2) is 42.9 Å². The van der Waals surface area contributed by atoms with Gasteiger partial charge in [0.05, 0.1) is 13.2 Å². The molecule has 0 saturated carbocycles. The molecule has 0 unspecified atom stereocenters. The summed E-state index contributed by atoms with van der Waals surface area (Å²) >= 11 is 0. The van der Waals surface area contributed by atoms with E-state index in [2.05, 4.69) is 25.2 Å². The topological polar surface area (TPSA) is 100 Å². The molecule has 2 aromatic heterocycles. The highest BCUT2D eigenvalue weighted by molar-refractivity contribution is 5.73. The third kappa shape index (κ3) is 5.11. The molecule has 2 atom stereocenters. The second-order valence-corrected chi connectivity index (χ2v) is 6.88. The zero-order chi connectivity index (χ0) is 20.9. The molecule has 4 rings (SSSR count). The first-order chi connectivity index (χ1) is 13.8. The number of rotatable bonds is 4. The smallest absolute Gasteiger partial charge is 0.475 e. The molecule has 29 heavy (non-hydrogen) atoms. The van der Waals surface area contributed by atoms with E-state index in [1.54, 1.807) is 18.6 Å². The number of anilines is 2. The standard InChI is InChI=1S/C16H19N5O.C2HF3O2/c1-2-5-17-14(4-1)20-10-16-11-21(8-13(16)9-22-12-16)15-18-6-3-7-19-15;3-2(4,5)1(6)7/h1-7,13H,8-12H2,(H,17,20);(H,6,7)/t13-,16+;/m1./s1. The summed E-state index contributed by atoms with van der Waals surface area (Å²) in [6, 6.07) is 7.76. The number of nitrogens with one attached hydrogen (secondary N) is 1. The van der Waals surface area contributed by atoms with E-state index in [0.29, 0.717) is 5.92 Å². The molecule has 2 aliphatic heterocycles. The average Bonchev–Trinajstić information content (AvgIpc) is 3.25. The van der Waals surface area contributed by atoms with Crippen molar-refractivity contribution in [1.82, 2.24) is 15.0 Å². The van der Waals surface area contributed by atoms with Crippen molar-refractivity contribution in [1.29, 1.82) is 0 Å². The Balaban J connectivity index is 0.000000298. The molecule has 0 aromatic carbocycles. The van der Waals surface area contributed by atoms with Crippen LogP contribution in [0.2, 0.25) is 0 Å². The van der Waals surface area contributed by atoms with Crippen LogP contribution in [0.4, 0.5) is 24.9 Å². The molecule has 4 heterocycles. The summed E-state index contributed by atoms with van der Waals surface area (Å²) in [7, 11) is 0. The predicted octanol–water partition coefficient (Wildman–Crippen LogP) is 2.07. The van der Waals surface area contributed by atoms with Gasteiger partial charge in [0.2, 0.25) is 5.95 Å². The van der Waals surface area contributed by atoms with Crippen LogP contribution in [-0.2, 0) is 9.53 Å². The van der Waals surface area contributed by atoms with Crippen molar-refractivity contribution in [2.45, 2.75) is 6.18 Å². The number of halogens is 3. The summed E-state index contributed by atoms with van der Waals surface area (Å²) in [4.78, 5) is 24.3. The van der Waals surface area contributed by atoms with Gasteiger partial charge < -0.3 is 20.1 Å². The number of aromatic nitrogens is 3. The van der Waals surface area contributed by atoms with Crippen LogP contribution in [0.5, 0.6) is 0 Å². The number of hydrogen-bond acceptors (Lipinski definition) is 7. The fraction of sp³-hybridized carbons (Fsp3) is 0.444. The van der Waals surface area contributed by atoms with Crippen LogP contribution in [0, 0.1) is 11.3 Å². The van der Waals surface area contributed by atoms with Gasteiger partial charge in [-0.15, -0.1) is 0 Å². The fourth-order valence-corrected chi connectivity index (χ4v) is 3.42. The lowest BCUT2D eigenvalue weighted by atomic mass is 9.81. The third-order valence-corrected chi connectivity index (χ3v) is 4.89. The minimum absolute atomic E-state index is 0.108. The summed E-state index contributed by atoms with van der Waals surface area (Å²) in [5.74, 6) is -0.522. The first-order valence-electron chi connectivity index (χ1n) is 8.85. The van der Waals surface area contributed by atoms with Crippen LogP contribution in [-0.4, -0.2) is 65.1 Å². The van der Waals surface area contributed by atoms with Crippen LogP contribution in [0.1, 0.15) is 0 Å². The Labute approximate surface area is 164 Å². The Bertz CT molecular complexity index is 809. The largest absolute Gasteiger partial charge is 0.490 e. The molecule has 156 valence electrons. The average molecular weight is 411 g/mol. The zero-order valence-corrected chi connectivity index (χ0v) is 15.3. The first kappa shape index (κ1) is 20.8. The highest BCUT2D eigenvalue weighted by Gasteiger charge is 2.51. The molecule has 2 fully saturated rings. The van der Waals surface area contributed by atoms with Crippen LogP contribution >= 0.6 is 0 Å². The predicted molar refractivity (Wildman–Crippen MR) is 97.4 cm³/mol. The van der Waals surface area contributed by atoms with Gasteiger partial charge in [0.15, 0.2) is 0 Å². The highest BCUT2D eigenvalue weighted by Crippen LogP contribution is 2.42. The zero-order valence-electron chi connectivity index (χ0n) is 15.3. The lowest BCUT2D eigenvalue weighted by Gasteiger charge is -2.27. The second kappa shape index (κ2) is 8.60. The van der Waals surface area contributed by atoms with E-state index in [1.165, 1.54) is 0 Å². The lowest BCUT2D eigenvalue weighted by molar-refractivity contribution is -0.192. The van der Waals surface area contributed by atoms with E-state index >= 15 is 0 Å². The summed E-state index contributed by atoms with van der Waals surface area (Å²) in [6.07, 6.45) is 0.318. The summed E-state index contributed by atoms with van der Waals surface area (Å²) in [5, 5.41) is 10.6. The number of carbonyl (C=O) groups is 1. The van der Waals surface area contributed by atoms with E-state index < -0.39 is 12.1 Å². The molecular weight excluding hydrogens is 391 g/mol. The van der Waals surface area contributed by atoms with Crippen molar-refractivity contribution >= 4 is 17.7 Å². The van der Waals surface area contributed by atoms with Crippen molar-refractivity contribution in [3.63, 3.8) is 0 Å². The van der Waals surface area contributed by atoms with Gasteiger partial charge in [0, 0.05) is 49.6 Å². The summed E-state index contributed by atoms with van der Waals surface area (Å²) in [5.41, 5.74) is 0.108.